The van der Waals surface area contributed by atoms with Crippen LogP contribution < -0.4 is 10.0 Å². The summed E-state index contributed by atoms with van der Waals surface area (Å²) in [4.78, 5) is 31.0. The summed E-state index contributed by atoms with van der Waals surface area (Å²) in [6, 6.07) is 4.03. The molecule has 2 aliphatic rings. The van der Waals surface area contributed by atoms with Crippen molar-refractivity contribution < 1.29 is 13.2 Å². The first-order valence-corrected chi connectivity index (χ1v) is 12.6. The first-order chi connectivity index (χ1) is 15.4. The molecule has 3 N–H and O–H groups in total. The van der Waals surface area contributed by atoms with Crippen LogP contribution in [0.25, 0.3) is 21.9 Å². The maximum absolute atomic E-state index is 13.1. The number of aromatic nitrogens is 3. The number of amides is 2. The van der Waals surface area contributed by atoms with E-state index in [4.69, 9.17) is 5.14 Å². The van der Waals surface area contributed by atoms with Crippen LogP contribution in [0, 0.1) is 5.92 Å². The number of anilines is 1. The SMILES string of the molecule is NS(=O)(=O)CC1CCCN(C(=O)N2CCN(c3cc[nH]c4cnc5nccc5c34)CC2)C1. The van der Waals surface area contributed by atoms with E-state index in [2.05, 4.69) is 25.9 Å². The molecule has 3 aromatic heterocycles. The van der Waals surface area contributed by atoms with Crippen LogP contribution in [-0.2, 0) is 10.0 Å². The number of fused-ring (bicyclic) bond motifs is 3. The quantitative estimate of drug-likeness (QED) is 0.611. The van der Waals surface area contributed by atoms with Crippen LogP contribution in [0.1, 0.15) is 12.8 Å². The lowest BCUT2D eigenvalue weighted by molar-refractivity contribution is 0.129. The largest absolute Gasteiger partial charge is 0.367 e. The minimum atomic E-state index is -3.53. The fraction of sp³-hybridized carbons (Fsp3) is 0.476. The van der Waals surface area contributed by atoms with Crippen molar-refractivity contribution in [2.24, 2.45) is 11.1 Å². The Bertz CT molecular complexity index is 1250. The van der Waals surface area contributed by atoms with Crippen molar-refractivity contribution in [3.05, 3.63) is 30.7 Å². The molecular formula is C21H27N7O3S. The van der Waals surface area contributed by atoms with Gasteiger partial charge in [-0.1, -0.05) is 0 Å². The second-order valence-corrected chi connectivity index (χ2v) is 10.3. The van der Waals surface area contributed by atoms with Crippen LogP contribution in [0.5, 0.6) is 0 Å². The third-order valence-electron chi connectivity index (χ3n) is 6.42. The smallest absolute Gasteiger partial charge is 0.320 e. The third-order valence-corrected chi connectivity index (χ3v) is 7.35. The number of sulfonamides is 1. The van der Waals surface area contributed by atoms with Crippen LogP contribution in [0.2, 0.25) is 0 Å². The van der Waals surface area contributed by atoms with Gasteiger partial charge in [0.05, 0.1) is 17.5 Å². The van der Waals surface area contributed by atoms with Gasteiger partial charge in [0.1, 0.15) is 0 Å². The Balaban J connectivity index is 1.28. The number of urea groups is 1. The van der Waals surface area contributed by atoms with Crippen molar-refractivity contribution in [1.82, 2.24) is 24.8 Å². The number of hydrogen-bond acceptors (Lipinski definition) is 6. The maximum atomic E-state index is 13.1. The number of carbonyl (C=O) groups excluding carboxylic acids is 1. The number of piperidine rings is 1. The van der Waals surface area contributed by atoms with Crippen LogP contribution >= 0.6 is 0 Å². The summed E-state index contributed by atoms with van der Waals surface area (Å²) in [5.74, 6) is -0.159. The minimum Gasteiger partial charge on any atom is -0.367 e. The van der Waals surface area contributed by atoms with E-state index in [9.17, 15) is 13.2 Å². The average Bonchev–Trinajstić information content (AvgIpc) is 3.26. The van der Waals surface area contributed by atoms with Gasteiger partial charge in [-0.05, 0) is 30.9 Å². The number of H-pyrrole nitrogens is 1. The Labute approximate surface area is 186 Å². The minimum absolute atomic E-state index is 0.0122. The summed E-state index contributed by atoms with van der Waals surface area (Å²) in [7, 11) is -3.53. The van der Waals surface area contributed by atoms with Gasteiger partial charge in [-0.15, -0.1) is 0 Å². The number of primary sulfonamides is 1. The molecule has 32 heavy (non-hydrogen) atoms. The maximum Gasteiger partial charge on any atom is 0.320 e. The van der Waals surface area contributed by atoms with Gasteiger partial charge in [-0.2, -0.15) is 0 Å². The summed E-state index contributed by atoms with van der Waals surface area (Å²) >= 11 is 0. The molecule has 2 fully saturated rings. The summed E-state index contributed by atoms with van der Waals surface area (Å²) in [6.07, 6.45) is 7.08. The molecule has 11 heteroatoms. The number of nitrogens with two attached hydrogens (primary N) is 1. The predicted molar refractivity (Wildman–Crippen MR) is 123 cm³/mol. The fourth-order valence-corrected chi connectivity index (χ4v) is 5.87. The van der Waals surface area contributed by atoms with Crippen molar-refractivity contribution in [2.75, 3.05) is 49.9 Å². The summed E-state index contributed by atoms with van der Waals surface area (Å²) in [5.41, 5.74) is 2.79. The Morgan fingerprint density at radius 2 is 1.94 bits per heavy atom. The summed E-state index contributed by atoms with van der Waals surface area (Å²) in [6.45, 7) is 3.78. The molecule has 0 radical (unpaired) electrons. The van der Waals surface area contributed by atoms with E-state index in [1.54, 1.807) is 11.1 Å². The molecule has 3 aromatic rings. The Hall–Kier alpha value is -2.92. The van der Waals surface area contributed by atoms with E-state index in [1.165, 1.54) is 0 Å². The fourth-order valence-electron chi connectivity index (χ4n) is 4.94. The molecule has 2 saturated heterocycles. The molecule has 0 aliphatic carbocycles. The lowest BCUT2D eigenvalue weighted by Gasteiger charge is -2.41. The number of aromatic amines is 1. The zero-order chi connectivity index (χ0) is 22.3. The number of pyridine rings is 2. The van der Waals surface area contributed by atoms with E-state index in [1.807, 2.05) is 23.4 Å². The Morgan fingerprint density at radius 1 is 1.12 bits per heavy atom. The van der Waals surface area contributed by atoms with Crippen molar-refractivity contribution in [3.8, 4) is 0 Å². The van der Waals surface area contributed by atoms with Crippen LogP contribution in [0.15, 0.2) is 30.7 Å². The van der Waals surface area contributed by atoms with Gasteiger partial charge in [0.15, 0.2) is 5.65 Å². The molecule has 0 saturated carbocycles. The highest BCUT2D eigenvalue weighted by Crippen LogP contribution is 2.31. The van der Waals surface area contributed by atoms with E-state index in [0.29, 0.717) is 26.2 Å². The molecule has 1 unspecified atom stereocenters. The van der Waals surface area contributed by atoms with Crippen molar-refractivity contribution in [3.63, 3.8) is 0 Å². The summed E-state index contributed by atoms with van der Waals surface area (Å²) in [5, 5.41) is 7.32. The van der Waals surface area contributed by atoms with E-state index < -0.39 is 10.0 Å². The van der Waals surface area contributed by atoms with Gasteiger partial charge in [-0.25, -0.2) is 28.3 Å². The molecule has 2 amide bonds. The van der Waals surface area contributed by atoms with Gasteiger partial charge in [0.25, 0.3) is 0 Å². The third kappa shape index (κ3) is 4.09. The molecule has 5 rings (SSSR count). The van der Waals surface area contributed by atoms with Crippen LogP contribution in [0.4, 0.5) is 10.5 Å². The van der Waals surface area contributed by atoms with Crippen molar-refractivity contribution in [2.45, 2.75) is 12.8 Å². The number of carbonyl (C=O) groups is 1. The zero-order valence-corrected chi connectivity index (χ0v) is 18.6. The Kier molecular flexibility index (Phi) is 5.38. The number of rotatable bonds is 3. The van der Waals surface area contributed by atoms with Gasteiger partial charge in [-0.3, -0.25) is 0 Å². The lowest BCUT2D eigenvalue weighted by atomic mass is 10.0. The average molecular weight is 458 g/mol. The number of hydrogen-bond donors (Lipinski definition) is 2. The first-order valence-electron chi connectivity index (χ1n) is 10.9. The highest BCUT2D eigenvalue weighted by molar-refractivity contribution is 7.89. The molecular weight excluding hydrogens is 430 g/mol. The standard InChI is InChI=1S/C21H27N7O3S/c22-32(30,31)14-15-2-1-7-28(13-15)21(29)27-10-8-26(9-11-27)18-4-6-23-17-12-25-20-16(19(17)18)3-5-24-20/h3-6,12,15,23H,1-2,7-11,13-14H2,(H2,22,30,31). The topological polar surface area (TPSA) is 129 Å². The normalized spacial score (nSPS) is 20.3. The molecule has 0 bridgehead atoms. The monoisotopic (exact) mass is 457 g/mol. The highest BCUT2D eigenvalue weighted by atomic mass is 32.2. The summed E-state index contributed by atoms with van der Waals surface area (Å²) < 4.78 is 22.9. The number of likely N-dealkylation sites (tertiary alicyclic amines) is 1. The molecule has 2 aliphatic heterocycles. The second kappa shape index (κ2) is 8.21. The van der Waals surface area contributed by atoms with Crippen molar-refractivity contribution >= 4 is 43.7 Å². The van der Waals surface area contributed by atoms with Crippen LogP contribution in [-0.4, -0.2) is 84.2 Å². The van der Waals surface area contributed by atoms with Gasteiger partial charge in [0, 0.05) is 68.1 Å². The predicted octanol–water partition coefficient (Wildman–Crippen LogP) is 1.35. The number of piperazine rings is 1. The molecule has 5 heterocycles. The van der Waals surface area contributed by atoms with E-state index in [-0.39, 0.29) is 17.7 Å². The van der Waals surface area contributed by atoms with E-state index >= 15 is 0 Å². The first kappa shape index (κ1) is 21.0. The van der Waals surface area contributed by atoms with Gasteiger partial charge < -0.3 is 19.7 Å². The van der Waals surface area contributed by atoms with Gasteiger partial charge in [0.2, 0.25) is 10.0 Å². The molecule has 170 valence electrons. The Morgan fingerprint density at radius 3 is 2.72 bits per heavy atom. The number of nitrogens with one attached hydrogen (secondary N) is 1. The second-order valence-electron chi connectivity index (χ2n) is 8.63. The molecule has 1 atom stereocenters. The van der Waals surface area contributed by atoms with Gasteiger partial charge >= 0.3 is 6.03 Å². The molecule has 0 aromatic carbocycles. The van der Waals surface area contributed by atoms with Crippen molar-refractivity contribution in [1.29, 1.82) is 0 Å². The molecule has 10 nitrogen and oxygen atoms in total. The number of nitrogens with zero attached hydrogens (tertiary/aromatic N) is 5. The molecule has 0 spiro atoms. The van der Waals surface area contributed by atoms with Crippen LogP contribution in [0.3, 0.4) is 0 Å². The van der Waals surface area contributed by atoms with E-state index in [0.717, 1.165) is 53.6 Å². The highest BCUT2D eigenvalue weighted by Gasteiger charge is 2.31. The lowest BCUT2D eigenvalue weighted by Crippen LogP contribution is -2.55. The zero-order valence-electron chi connectivity index (χ0n) is 17.8.